The average Bonchev–Trinajstić information content (AvgIpc) is 3.79. The second-order valence-corrected chi connectivity index (χ2v) is 16.4. The molecule has 56 heavy (non-hydrogen) atoms. The molecular weight excluding hydrogens is 679 g/mol. The van der Waals surface area contributed by atoms with Crippen molar-refractivity contribution in [3.8, 4) is 22.3 Å². The Hall–Kier alpha value is -6.64. The summed E-state index contributed by atoms with van der Waals surface area (Å²) in [5, 5.41) is 2.25. The minimum absolute atomic E-state index is 0.129. The Morgan fingerprint density at radius 3 is 1.59 bits per heavy atom. The van der Waals surface area contributed by atoms with E-state index in [4.69, 9.17) is 4.42 Å². The quantitative estimate of drug-likeness (QED) is 0.181. The van der Waals surface area contributed by atoms with Crippen LogP contribution in [0.25, 0.3) is 44.2 Å². The minimum atomic E-state index is -0.455. The van der Waals surface area contributed by atoms with E-state index in [-0.39, 0.29) is 5.41 Å². The average molecular weight is 718 g/mol. The summed E-state index contributed by atoms with van der Waals surface area (Å²) < 4.78 is 6.35. The Kier molecular flexibility index (Phi) is 6.47. The predicted molar refractivity (Wildman–Crippen MR) is 231 cm³/mol. The lowest BCUT2D eigenvalue weighted by atomic mass is 9.66. The van der Waals surface area contributed by atoms with Crippen molar-refractivity contribution in [2.45, 2.75) is 37.5 Å². The zero-order valence-corrected chi connectivity index (χ0v) is 31.5. The van der Waals surface area contributed by atoms with E-state index in [1.807, 2.05) is 6.07 Å². The molecule has 266 valence electrons. The first-order valence-electron chi connectivity index (χ1n) is 19.9. The molecule has 9 aromatic rings. The highest BCUT2D eigenvalue weighted by atomic mass is 16.3. The van der Waals surface area contributed by atoms with Crippen molar-refractivity contribution in [1.29, 1.82) is 0 Å². The smallest absolute Gasteiger partial charge is 0.135 e. The van der Waals surface area contributed by atoms with Crippen molar-refractivity contribution in [1.82, 2.24) is 0 Å². The van der Waals surface area contributed by atoms with E-state index in [1.165, 1.54) is 66.8 Å². The third-order valence-electron chi connectivity index (χ3n) is 13.2. The van der Waals surface area contributed by atoms with E-state index in [0.29, 0.717) is 0 Å². The van der Waals surface area contributed by atoms with Gasteiger partial charge in [0.1, 0.15) is 11.2 Å². The predicted octanol–water partition coefficient (Wildman–Crippen LogP) is 13.8. The van der Waals surface area contributed by atoms with Crippen molar-refractivity contribution < 1.29 is 4.42 Å². The third-order valence-corrected chi connectivity index (χ3v) is 13.2. The Bertz CT molecular complexity index is 3040. The number of benzene rings is 8. The highest BCUT2D eigenvalue weighted by molar-refractivity contribution is 6.06. The van der Waals surface area contributed by atoms with E-state index in [1.54, 1.807) is 0 Å². The van der Waals surface area contributed by atoms with Crippen LogP contribution in [0.5, 0.6) is 0 Å². The summed E-state index contributed by atoms with van der Waals surface area (Å²) in [4.78, 5) is 2.48. The van der Waals surface area contributed by atoms with Crippen molar-refractivity contribution in [2.24, 2.45) is 0 Å². The van der Waals surface area contributed by atoms with Gasteiger partial charge in [0.25, 0.3) is 0 Å². The Morgan fingerprint density at radius 2 is 0.875 bits per heavy atom. The van der Waals surface area contributed by atoms with E-state index < -0.39 is 5.41 Å². The topological polar surface area (TPSA) is 16.4 Å². The number of fused-ring (bicyclic) bond motifs is 15. The molecule has 8 aromatic carbocycles. The van der Waals surface area contributed by atoms with Gasteiger partial charge < -0.3 is 9.32 Å². The summed E-state index contributed by atoms with van der Waals surface area (Å²) in [7, 11) is 0. The summed E-state index contributed by atoms with van der Waals surface area (Å²) in [5.41, 5.74) is 20.9. The summed E-state index contributed by atoms with van der Waals surface area (Å²) in [5.74, 6) is 0. The van der Waals surface area contributed by atoms with E-state index in [2.05, 4.69) is 189 Å². The second kappa shape index (κ2) is 11.4. The van der Waals surface area contributed by atoms with Crippen molar-refractivity contribution in [2.75, 3.05) is 4.90 Å². The first kappa shape index (κ1) is 31.7. The van der Waals surface area contributed by atoms with Crippen LogP contribution in [0.1, 0.15) is 58.4 Å². The molecule has 1 heterocycles. The van der Waals surface area contributed by atoms with Gasteiger partial charge >= 0.3 is 0 Å². The summed E-state index contributed by atoms with van der Waals surface area (Å²) >= 11 is 0. The molecule has 0 unspecified atom stereocenters. The van der Waals surface area contributed by atoms with Crippen LogP contribution in [0, 0.1) is 0 Å². The molecule has 2 heteroatoms. The van der Waals surface area contributed by atoms with Crippen LogP contribution in [-0.2, 0) is 23.7 Å². The number of rotatable bonds is 3. The lowest BCUT2D eigenvalue weighted by Crippen LogP contribution is -2.30. The second-order valence-electron chi connectivity index (χ2n) is 16.4. The van der Waals surface area contributed by atoms with Crippen molar-refractivity contribution in [3.05, 3.63) is 220 Å². The molecule has 12 rings (SSSR count). The van der Waals surface area contributed by atoms with Gasteiger partial charge in [-0.3, -0.25) is 0 Å². The van der Waals surface area contributed by atoms with Crippen LogP contribution in [-0.4, -0.2) is 0 Å². The van der Waals surface area contributed by atoms with E-state index >= 15 is 0 Å². The summed E-state index contributed by atoms with van der Waals surface area (Å²) in [6.07, 6.45) is 2.04. The van der Waals surface area contributed by atoms with Gasteiger partial charge in [-0.05, 0) is 128 Å². The monoisotopic (exact) mass is 717 g/mol. The molecule has 0 fully saturated rings. The summed E-state index contributed by atoms with van der Waals surface area (Å²) in [6.45, 7) is 4.74. The molecule has 0 saturated carbocycles. The van der Waals surface area contributed by atoms with Gasteiger partial charge in [0.15, 0.2) is 0 Å². The number of anilines is 3. The highest BCUT2D eigenvalue weighted by Crippen LogP contribution is 2.60. The van der Waals surface area contributed by atoms with Crippen molar-refractivity contribution in [3.63, 3.8) is 0 Å². The molecule has 2 nitrogen and oxygen atoms in total. The molecule has 3 aliphatic rings. The van der Waals surface area contributed by atoms with Gasteiger partial charge in [-0.15, -0.1) is 0 Å². The summed E-state index contributed by atoms with van der Waals surface area (Å²) in [6, 6.07) is 65.9. The zero-order valence-electron chi connectivity index (χ0n) is 31.5. The Labute approximate surface area is 327 Å². The fraction of sp³-hybridized carbons (Fsp3) is 0.111. The first-order chi connectivity index (χ1) is 27.5. The standard InChI is InChI=1S/C54H39NO/c1-53(2)47-20-10-5-15-39(47)41-28-25-37(32-49(41)53)55(36-27-30-52-44(31-36)43-17-7-12-22-51(43)56-52)38-26-29-42-40-16-6-11-21-48(40)54(50(42)33-38)45-18-8-3-13-34(45)23-24-35-14-4-9-19-46(35)54/h3-22,25-33H,23-24H2,1-2H3. The molecule has 0 N–H and O–H groups in total. The number of aryl methyl sites for hydroxylation is 2. The maximum absolute atomic E-state index is 6.35. The Morgan fingerprint density at radius 1 is 0.393 bits per heavy atom. The normalized spacial score (nSPS) is 15.1. The van der Waals surface area contributed by atoms with E-state index in [0.717, 1.165) is 51.8 Å². The van der Waals surface area contributed by atoms with Gasteiger partial charge in [-0.2, -0.15) is 0 Å². The van der Waals surface area contributed by atoms with Gasteiger partial charge in [-0.1, -0.05) is 141 Å². The minimum Gasteiger partial charge on any atom is -0.456 e. The van der Waals surface area contributed by atoms with Crippen LogP contribution >= 0.6 is 0 Å². The molecule has 1 aromatic heterocycles. The zero-order chi connectivity index (χ0) is 37.2. The molecule has 3 aliphatic carbocycles. The maximum atomic E-state index is 6.35. The van der Waals surface area contributed by atoms with Gasteiger partial charge in [0.05, 0.1) is 5.41 Å². The highest BCUT2D eigenvalue weighted by Gasteiger charge is 2.49. The number of nitrogens with zero attached hydrogens (tertiary/aromatic N) is 1. The fourth-order valence-corrected chi connectivity index (χ4v) is 10.7. The number of hydrogen-bond donors (Lipinski definition) is 0. The Balaban J connectivity index is 1.15. The molecule has 1 spiro atoms. The molecular formula is C54H39NO. The lowest BCUT2D eigenvalue weighted by molar-refractivity contribution is 0.660. The van der Waals surface area contributed by atoms with Crippen LogP contribution in [0.2, 0.25) is 0 Å². The number of furan rings is 1. The first-order valence-corrected chi connectivity index (χ1v) is 19.9. The van der Waals surface area contributed by atoms with Crippen LogP contribution in [0.15, 0.2) is 180 Å². The molecule has 0 saturated heterocycles. The van der Waals surface area contributed by atoms with Crippen LogP contribution in [0.4, 0.5) is 17.1 Å². The van der Waals surface area contributed by atoms with Gasteiger partial charge in [0.2, 0.25) is 0 Å². The number of hydrogen-bond acceptors (Lipinski definition) is 2. The van der Waals surface area contributed by atoms with Gasteiger partial charge in [-0.25, -0.2) is 0 Å². The third kappa shape index (κ3) is 4.16. The van der Waals surface area contributed by atoms with Crippen LogP contribution in [0.3, 0.4) is 0 Å². The molecule has 0 bridgehead atoms. The molecule has 0 aliphatic heterocycles. The largest absolute Gasteiger partial charge is 0.456 e. The van der Waals surface area contributed by atoms with E-state index in [9.17, 15) is 0 Å². The SMILES string of the molecule is CC1(C)c2ccccc2-c2ccc(N(c3ccc4c(c3)C3(c5ccccc5CCc5ccccc53)c3ccccc3-4)c3ccc4oc5ccccc5c4c3)cc21. The molecule has 0 amide bonds. The number of para-hydroxylation sites is 1. The van der Waals surface area contributed by atoms with Gasteiger partial charge in [0, 0.05) is 33.2 Å². The maximum Gasteiger partial charge on any atom is 0.135 e. The van der Waals surface area contributed by atoms with Crippen LogP contribution < -0.4 is 4.90 Å². The fourth-order valence-electron chi connectivity index (χ4n) is 10.7. The lowest BCUT2D eigenvalue weighted by Gasteiger charge is -2.36. The molecule has 0 atom stereocenters. The van der Waals surface area contributed by atoms with Crippen molar-refractivity contribution >= 4 is 39.0 Å². The molecule has 0 radical (unpaired) electrons.